The SMILES string of the molecule is CC1(C)OB(c2ccc3c4cnccc4n(C(F)F)c3c2)OC1(C)C.O=C1CCC(N2C(=O)c3ccc(N4CCN(CCC5CCN(c6ncc(-c7ccc8c9cnccc9n(C(F)F)c8c7)cc6C(F)(F)F)CC5)CC4)cc3C2=O)C(=O)N1.O=C1CCC(N2C(=O)c3ccc(N4CCN(CCC5CCN(c6ncc(Br)cc6C(F)(F)F)CC5)CC4)cc3C2=O)C(=O)N1. The number of pyridine rings is 4. The van der Waals surface area contributed by atoms with Crippen molar-refractivity contribution in [3.8, 4) is 11.1 Å². The van der Waals surface area contributed by atoms with Gasteiger partial charge < -0.3 is 28.9 Å². The molecule has 0 spiro atoms. The summed E-state index contributed by atoms with van der Waals surface area (Å²) in [6, 6.07) is 23.7. The van der Waals surface area contributed by atoms with E-state index in [1.807, 2.05) is 52.0 Å². The van der Waals surface area contributed by atoms with Gasteiger partial charge in [0, 0.05) is 172 Å². The number of piperazine rings is 2. The second-order valence-electron chi connectivity index (χ2n) is 34.7. The summed E-state index contributed by atoms with van der Waals surface area (Å²) in [4.78, 5) is 131. The number of fused-ring (bicyclic) bond motifs is 8. The number of alkyl halides is 10. The molecule has 7 saturated heterocycles. The van der Waals surface area contributed by atoms with Crippen LogP contribution in [0, 0.1) is 11.8 Å². The molecule has 10 aromatic rings. The average Bonchev–Trinajstić information content (AvgIpc) is 1.66. The number of carbonyl (C=O) groups is 8. The number of hydrogen-bond donors (Lipinski definition) is 2. The molecule has 0 bridgehead atoms. The van der Waals surface area contributed by atoms with E-state index >= 15 is 0 Å². The van der Waals surface area contributed by atoms with Crippen LogP contribution >= 0.6 is 15.9 Å². The van der Waals surface area contributed by atoms with Gasteiger partial charge >= 0.3 is 32.6 Å². The molecule has 38 heteroatoms. The van der Waals surface area contributed by atoms with Gasteiger partial charge in [-0.25, -0.2) is 9.97 Å². The molecule has 670 valence electrons. The van der Waals surface area contributed by atoms with Crippen LogP contribution < -0.4 is 35.7 Å². The minimum absolute atomic E-state index is 0.00317. The lowest BCUT2D eigenvalue weighted by atomic mass is 9.79. The van der Waals surface area contributed by atoms with Gasteiger partial charge in [0.15, 0.2) is 0 Å². The fourth-order valence-corrected chi connectivity index (χ4v) is 19.2. The van der Waals surface area contributed by atoms with E-state index in [1.54, 1.807) is 64.5 Å². The topological polar surface area (TPSA) is 266 Å². The minimum atomic E-state index is -4.69. The Morgan fingerprint density at radius 2 is 0.867 bits per heavy atom. The molecule has 2 unspecified atom stereocenters. The van der Waals surface area contributed by atoms with E-state index in [-0.39, 0.29) is 76.2 Å². The molecule has 8 amide bonds. The van der Waals surface area contributed by atoms with Gasteiger partial charge in [0.25, 0.3) is 23.6 Å². The summed E-state index contributed by atoms with van der Waals surface area (Å²) < 4.78 is 154. The smallest absolute Gasteiger partial charge is 0.399 e. The minimum Gasteiger partial charge on any atom is -0.399 e. The summed E-state index contributed by atoms with van der Waals surface area (Å²) >= 11 is 3.10. The molecule has 0 aliphatic carbocycles. The number of carbonyl (C=O) groups excluding carboxylic acids is 8. The van der Waals surface area contributed by atoms with Gasteiger partial charge in [-0.05, 0) is 204 Å². The number of benzene rings is 4. The van der Waals surface area contributed by atoms with Gasteiger partial charge in [0.2, 0.25) is 23.6 Å². The van der Waals surface area contributed by atoms with Gasteiger partial charge in [-0.1, -0.05) is 24.3 Å². The van der Waals surface area contributed by atoms with Crippen LogP contribution in [0.2, 0.25) is 0 Å². The standard InChI is InChI=1S/C42H39F5N8O4.C30H32BrF3N6O4.C18H19BF2N2O2/c43-41(44)54-33-7-11-48-23-31(33)28-3-1-25(20-35(28)54)26-19-32(42(45,46)47)37(49-22-26)53-13-9-24(10-14-53)8-12-51-15-17-52(18-16-51)27-2-4-29-30(21-27)40(59)55(39(29)58)34-5-6-36(56)50-38(34)57;31-19-15-23(30(32,33)34)26(35-17-19)39-9-6-18(7-10-39)5-8-37-11-13-38(14-12-37)20-1-2-21-22(16-20)29(44)40(28(21)43)24-3-4-25(41)36-27(24)42;1-17(2)18(3,4)25-19(24-17)11-5-6-12-13-10-22-8-7-14(13)23(16(20)21)15(12)9-11/h1-4,7,11,19-24,34,41H,5-6,8-10,12-18H2,(H,50,56,57);1-2,15-18,24H,3-14H2,(H,36,41,42);5-10,16H,1-4H3. The Morgan fingerprint density at radius 1 is 0.445 bits per heavy atom. The number of anilines is 4. The summed E-state index contributed by atoms with van der Waals surface area (Å²) in [6.07, 6.45) is 4.94. The lowest BCUT2D eigenvalue weighted by Gasteiger charge is -2.38. The number of rotatable bonds is 16. The summed E-state index contributed by atoms with van der Waals surface area (Å²) in [7, 11) is -0.586. The molecular formula is C90H90BBrF10N16O10. The first kappa shape index (κ1) is 88.5. The molecule has 7 fully saturated rings. The second-order valence-corrected chi connectivity index (χ2v) is 35.7. The molecule has 4 aromatic carbocycles. The Labute approximate surface area is 736 Å². The second kappa shape index (κ2) is 35.2. The van der Waals surface area contributed by atoms with Crippen molar-refractivity contribution in [2.45, 2.75) is 141 Å². The summed E-state index contributed by atoms with van der Waals surface area (Å²) in [5.74, 6) is -3.61. The number of halogens is 11. The van der Waals surface area contributed by atoms with E-state index in [0.29, 0.717) is 101 Å². The Hall–Kier alpha value is -11.5. The first-order valence-corrected chi connectivity index (χ1v) is 43.5. The molecule has 15 heterocycles. The number of nitrogens with zero attached hydrogens (tertiary/aromatic N) is 14. The van der Waals surface area contributed by atoms with Crippen molar-refractivity contribution in [1.82, 2.24) is 59.3 Å². The molecule has 6 aromatic heterocycles. The van der Waals surface area contributed by atoms with Crippen LogP contribution in [0.3, 0.4) is 0 Å². The third kappa shape index (κ3) is 17.4. The van der Waals surface area contributed by atoms with E-state index < -0.39 is 114 Å². The van der Waals surface area contributed by atoms with E-state index in [2.05, 4.69) is 66.1 Å². The largest absolute Gasteiger partial charge is 0.494 e. The summed E-state index contributed by atoms with van der Waals surface area (Å²) in [6.45, 7) is 12.1. The summed E-state index contributed by atoms with van der Waals surface area (Å²) in [5.41, 5.74) is 2.75. The van der Waals surface area contributed by atoms with Crippen molar-refractivity contribution >= 4 is 142 Å². The van der Waals surface area contributed by atoms with Crippen molar-refractivity contribution < 1.29 is 91.6 Å². The molecule has 128 heavy (non-hydrogen) atoms. The maximum Gasteiger partial charge on any atom is 0.494 e. The Morgan fingerprint density at radius 3 is 1.30 bits per heavy atom. The zero-order valence-electron chi connectivity index (χ0n) is 70.2. The fourth-order valence-electron chi connectivity index (χ4n) is 18.9. The molecule has 9 aliphatic heterocycles. The fraction of sp³-hybridized carbons (Fsp3) is 0.422. The molecule has 9 aliphatic rings. The van der Waals surface area contributed by atoms with Crippen LogP contribution in [0.4, 0.5) is 66.9 Å². The summed E-state index contributed by atoms with van der Waals surface area (Å²) in [5, 5.41) is 6.92. The maximum absolute atomic E-state index is 14.6. The van der Waals surface area contributed by atoms with Crippen molar-refractivity contribution in [1.29, 1.82) is 0 Å². The van der Waals surface area contributed by atoms with E-state index in [1.165, 1.54) is 43.1 Å². The molecule has 0 saturated carbocycles. The van der Waals surface area contributed by atoms with Gasteiger partial charge in [-0.15, -0.1) is 0 Å². The van der Waals surface area contributed by atoms with E-state index in [0.717, 1.165) is 131 Å². The van der Waals surface area contributed by atoms with Crippen LogP contribution in [0.15, 0.2) is 139 Å². The van der Waals surface area contributed by atoms with Gasteiger partial charge in [-0.2, -0.15) is 43.9 Å². The average molecular weight is 1840 g/mol. The first-order valence-electron chi connectivity index (χ1n) is 42.7. The molecule has 19 rings (SSSR count). The molecule has 2 N–H and O–H groups in total. The Kier molecular flexibility index (Phi) is 24.3. The van der Waals surface area contributed by atoms with Crippen LogP contribution in [-0.4, -0.2) is 218 Å². The molecule has 0 radical (unpaired) electrons. The van der Waals surface area contributed by atoms with Gasteiger partial charge in [-0.3, -0.25) is 87.7 Å². The highest BCUT2D eigenvalue weighted by Gasteiger charge is 2.53. The number of imide groups is 4. The predicted octanol–water partition coefficient (Wildman–Crippen LogP) is 14.1. The quantitative estimate of drug-likeness (QED) is 0.0517. The van der Waals surface area contributed by atoms with Crippen LogP contribution in [0.25, 0.3) is 54.7 Å². The van der Waals surface area contributed by atoms with E-state index in [9.17, 15) is 82.3 Å². The van der Waals surface area contributed by atoms with Crippen molar-refractivity contribution in [2.24, 2.45) is 11.8 Å². The molecular weight excluding hydrogens is 1750 g/mol. The molecule has 26 nitrogen and oxygen atoms in total. The van der Waals surface area contributed by atoms with Crippen molar-refractivity contribution in [3.05, 3.63) is 172 Å². The number of hydrogen-bond acceptors (Lipinski definition) is 20. The first-order chi connectivity index (χ1) is 61.1. The lowest BCUT2D eigenvalue weighted by molar-refractivity contribution is -0.138. The number of amides is 8. The van der Waals surface area contributed by atoms with Crippen LogP contribution in [0.1, 0.15) is 158 Å². The van der Waals surface area contributed by atoms with Crippen molar-refractivity contribution in [2.75, 3.05) is 111 Å². The van der Waals surface area contributed by atoms with Crippen molar-refractivity contribution in [3.63, 3.8) is 0 Å². The third-order valence-electron chi connectivity index (χ3n) is 26.7. The highest BCUT2D eigenvalue weighted by molar-refractivity contribution is 9.10. The highest BCUT2D eigenvalue weighted by Crippen LogP contribution is 2.45. The predicted molar refractivity (Wildman–Crippen MR) is 461 cm³/mol. The lowest BCUT2D eigenvalue weighted by Crippen LogP contribution is -2.54. The van der Waals surface area contributed by atoms with Crippen LogP contribution in [0.5, 0.6) is 0 Å². The monoisotopic (exact) mass is 1830 g/mol. The zero-order valence-corrected chi connectivity index (χ0v) is 71.8. The number of piperidine rings is 4. The number of aromatic nitrogens is 6. The van der Waals surface area contributed by atoms with Crippen LogP contribution in [-0.2, 0) is 40.8 Å². The molecule has 2 atom stereocenters. The van der Waals surface area contributed by atoms with Gasteiger partial charge in [0.1, 0.15) is 23.7 Å². The third-order valence-corrected chi connectivity index (χ3v) is 27.1. The number of nitrogens with one attached hydrogen (secondary N) is 2. The van der Waals surface area contributed by atoms with Gasteiger partial charge in [0.05, 0.1) is 66.6 Å². The maximum atomic E-state index is 14.6. The zero-order chi connectivity index (χ0) is 90.3. The highest BCUT2D eigenvalue weighted by atomic mass is 79.9. The normalized spacial score (nSPS) is 20.5. The Balaban J connectivity index is 0.000000146. The Bertz CT molecular complexity index is 6050. The van der Waals surface area contributed by atoms with E-state index in [4.69, 9.17) is 9.31 Å².